The van der Waals surface area contributed by atoms with Crippen LogP contribution in [0.2, 0.25) is 5.02 Å². The number of ketones is 1. The zero-order chi connectivity index (χ0) is 20.7. The minimum atomic E-state index is -0.626. The van der Waals surface area contributed by atoms with E-state index in [1.165, 1.54) is 0 Å². The Morgan fingerprint density at radius 1 is 1.11 bits per heavy atom. The predicted octanol–water partition coefficient (Wildman–Crippen LogP) is 2.36. The summed E-state index contributed by atoms with van der Waals surface area (Å²) in [7, 11) is 0. The number of hydrogen-bond acceptors (Lipinski definition) is 6. The number of benzene rings is 1. The van der Waals surface area contributed by atoms with Crippen molar-refractivity contribution in [2.75, 3.05) is 13.2 Å². The highest BCUT2D eigenvalue weighted by atomic mass is 35.5. The lowest BCUT2D eigenvalue weighted by Crippen LogP contribution is -2.50. The summed E-state index contributed by atoms with van der Waals surface area (Å²) in [5.41, 5.74) is 0.794. The lowest BCUT2D eigenvalue weighted by molar-refractivity contribution is -0.143. The van der Waals surface area contributed by atoms with Gasteiger partial charge in [-0.1, -0.05) is 11.6 Å². The van der Waals surface area contributed by atoms with Crippen LogP contribution in [0.5, 0.6) is 0 Å². The monoisotopic (exact) mass is 408 g/mol. The molecule has 0 spiro atoms. The van der Waals surface area contributed by atoms with Crippen LogP contribution in [0.15, 0.2) is 35.5 Å². The molecule has 0 aliphatic carbocycles. The van der Waals surface area contributed by atoms with E-state index in [0.29, 0.717) is 10.6 Å². The first-order chi connectivity index (χ1) is 13.3. The van der Waals surface area contributed by atoms with Gasteiger partial charge in [0.1, 0.15) is 6.61 Å². The van der Waals surface area contributed by atoms with Crippen molar-refractivity contribution in [1.82, 2.24) is 10.6 Å². The summed E-state index contributed by atoms with van der Waals surface area (Å²) >= 11 is 5.78. The van der Waals surface area contributed by atoms with E-state index in [0.717, 1.165) is 0 Å². The Labute approximate surface area is 167 Å². The molecule has 2 N–H and O–H groups in total. The molecule has 0 bridgehead atoms. The molecule has 1 heterocycles. The molecule has 9 heteroatoms. The molecule has 1 aromatic carbocycles. The Hall–Kier alpha value is -2.87. The van der Waals surface area contributed by atoms with Crippen LogP contribution >= 0.6 is 11.6 Å². The number of amides is 2. The molecular weight excluding hydrogens is 388 g/mol. The maximum absolute atomic E-state index is 12.1. The number of urea groups is 1. The molecule has 8 nitrogen and oxygen atoms in total. The van der Waals surface area contributed by atoms with Crippen molar-refractivity contribution in [3.05, 3.63) is 46.1 Å². The third-order valence-corrected chi connectivity index (χ3v) is 4.22. The third-order valence-electron chi connectivity index (χ3n) is 3.97. The van der Waals surface area contributed by atoms with Crippen LogP contribution in [-0.2, 0) is 19.1 Å². The summed E-state index contributed by atoms with van der Waals surface area (Å²) in [5, 5.41) is 5.52. The highest BCUT2D eigenvalue weighted by molar-refractivity contribution is 6.30. The molecule has 1 aliphatic rings. The molecule has 2 rings (SSSR count). The van der Waals surface area contributed by atoms with Gasteiger partial charge in [0.05, 0.1) is 30.3 Å². The van der Waals surface area contributed by atoms with Crippen molar-refractivity contribution in [3.8, 4) is 0 Å². The summed E-state index contributed by atoms with van der Waals surface area (Å²) in [5.74, 6) is -1.45. The number of hydrogen-bond donors (Lipinski definition) is 2. The molecule has 1 atom stereocenters. The number of carbonyl (C=O) groups excluding carboxylic acids is 4. The van der Waals surface area contributed by atoms with Crippen LogP contribution in [0.25, 0.3) is 0 Å². The fraction of sp³-hybridized carbons (Fsp3) is 0.368. The first-order valence-corrected chi connectivity index (χ1v) is 9.11. The Balaban J connectivity index is 1.94. The average Bonchev–Trinajstić information content (AvgIpc) is 2.64. The Morgan fingerprint density at radius 3 is 2.43 bits per heavy atom. The fourth-order valence-corrected chi connectivity index (χ4v) is 2.74. The van der Waals surface area contributed by atoms with Crippen LogP contribution in [0.3, 0.4) is 0 Å². The van der Waals surface area contributed by atoms with E-state index in [1.54, 1.807) is 38.1 Å². The molecule has 0 radical (unpaired) electrons. The number of nitrogens with one attached hydrogen (secondary N) is 2. The lowest BCUT2D eigenvalue weighted by Gasteiger charge is -2.26. The van der Waals surface area contributed by atoms with Crippen LogP contribution in [0, 0.1) is 0 Å². The predicted molar refractivity (Wildman–Crippen MR) is 101 cm³/mol. The van der Waals surface area contributed by atoms with Gasteiger partial charge in [0.2, 0.25) is 0 Å². The van der Waals surface area contributed by atoms with Gasteiger partial charge >= 0.3 is 18.0 Å². The summed E-state index contributed by atoms with van der Waals surface area (Å²) in [6, 6.07) is 5.25. The van der Waals surface area contributed by atoms with Crippen molar-refractivity contribution in [2.45, 2.75) is 32.7 Å². The minimum Gasteiger partial charge on any atom is -0.463 e. The van der Waals surface area contributed by atoms with Gasteiger partial charge in [0, 0.05) is 17.0 Å². The van der Waals surface area contributed by atoms with Gasteiger partial charge in [-0.05, 0) is 38.1 Å². The SMILES string of the molecule is CCOC(=O)C1=C(COC(=O)CCC(=O)c2ccc(Cl)cc2)NC(=O)NC1C. The maximum Gasteiger partial charge on any atom is 0.338 e. The zero-order valence-electron chi connectivity index (χ0n) is 15.5. The number of rotatable bonds is 8. The third kappa shape index (κ3) is 5.82. The van der Waals surface area contributed by atoms with Crippen molar-refractivity contribution in [1.29, 1.82) is 0 Å². The molecule has 150 valence electrons. The van der Waals surface area contributed by atoms with E-state index in [-0.39, 0.29) is 43.1 Å². The molecule has 0 aromatic heterocycles. The molecule has 28 heavy (non-hydrogen) atoms. The van der Waals surface area contributed by atoms with Crippen molar-refractivity contribution < 1.29 is 28.7 Å². The Bertz CT molecular complexity index is 803. The van der Waals surface area contributed by atoms with E-state index < -0.39 is 24.0 Å². The Kier molecular flexibility index (Phi) is 7.57. The number of esters is 2. The molecule has 2 amide bonds. The van der Waals surface area contributed by atoms with Crippen LogP contribution in [0.4, 0.5) is 4.79 Å². The molecule has 1 aliphatic heterocycles. The topological polar surface area (TPSA) is 111 Å². The number of ether oxygens (including phenoxy) is 2. The first-order valence-electron chi connectivity index (χ1n) is 8.73. The second-order valence-electron chi connectivity index (χ2n) is 6.02. The van der Waals surface area contributed by atoms with E-state index in [9.17, 15) is 19.2 Å². The summed E-state index contributed by atoms with van der Waals surface area (Å²) in [4.78, 5) is 47.8. The molecular formula is C19H21ClN2O6. The highest BCUT2D eigenvalue weighted by Crippen LogP contribution is 2.15. The fourth-order valence-electron chi connectivity index (χ4n) is 2.61. The first kappa shape index (κ1) is 21.4. The van der Waals surface area contributed by atoms with Gasteiger partial charge in [-0.25, -0.2) is 9.59 Å². The van der Waals surface area contributed by atoms with Gasteiger partial charge in [-0.3, -0.25) is 9.59 Å². The van der Waals surface area contributed by atoms with Gasteiger partial charge < -0.3 is 20.1 Å². The standard InChI is InChI=1S/C19H21ClN2O6/c1-3-27-18(25)17-11(2)21-19(26)22-14(17)10-28-16(24)9-8-15(23)12-4-6-13(20)7-5-12/h4-7,11H,3,8-10H2,1-2H3,(H2,21,22,26). The summed E-state index contributed by atoms with van der Waals surface area (Å²) < 4.78 is 10.1. The smallest absolute Gasteiger partial charge is 0.338 e. The van der Waals surface area contributed by atoms with Crippen LogP contribution < -0.4 is 10.6 Å². The second-order valence-corrected chi connectivity index (χ2v) is 6.46. The van der Waals surface area contributed by atoms with E-state index in [1.807, 2.05) is 0 Å². The van der Waals surface area contributed by atoms with Crippen molar-refractivity contribution >= 4 is 35.4 Å². The van der Waals surface area contributed by atoms with E-state index in [2.05, 4.69) is 10.6 Å². The minimum absolute atomic E-state index is 0.0332. The molecule has 0 saturated heterocycles. The van der Waals surface area contributed by atoms with Gasteiger partial charge in [-0.15, -0.1) is 0 Å². The largest absolute Gasteiger partial charge is 0.463 e. The van der Waals surface area contributed by atoms with E-state index in [4.69, 9.17) is 21.1 Å². The van der Waals surface area contributed by atoms with E-state index >= 15 is 0 Å². The Morgan fingerprint density at radius 2 is 1.79 bits per heavy atom. The maximum atomic E-state index is 12.1. The molecule has 1 unspecified atom stereocenters. The summed E-state index contributed by atoms with van der Waals surface area (Å²) in [6.07, 6.45) is -0.167. The number of carbonyl (C=O) groups is 4. The van der Waals surface area contributed by atoms with Crippen molar-refractivity contribution in [2.24, 2.45) is 0 Å². The molecule has 0 saturated carbocycles. The van der Waals surface area contributed by atoms with Crippen molar-refractivity contribution in [3.63, 3.8) is 0 Å². The molecule has 1 aromatic rings. The second kappa shape index (κ2) is 9.89. The summed E-state index contributed by atoms with van der Waals surface area (Å²) in [6.45, 7) is 3.15. The van der Waals surface area contributed by atoms with Gasteiger partial charge in [-0.2, -0.15) is 0 Å². The van der Waals surface area contributed by atoms with Gasteiger partial charge in [0.15, 0.2) is 5.78 Å². The number of Topliss-reactive ketones (excluding diaryl/α,β-unsaturated/α-hetero) is 1. The van der Waals surface area contributed by atoms with Gasteiger partial charge in [0.25, 0.3) is 0 Å². The van der Waals surface area contributed by atoms with Crippen LogP contribution in [0.1, 0.15) is 37.0 Å². The number of halogens is 1. The quantitative estimate of drug-likeness (QED) is 0.504. The zero-order valence-corrected chi connectivity index (χ0v) is 16.3. The normalized spacial score (nSPS) is 16.1. The average molecular weight is 409 g/mol. The molecule has 0 fully saturated rings. The highest BCUT2D eigenvalue weighted by Gasteiger charge is 2.30. The van der Waals surface area contributed by atoms with Crippen LogP contribution in [-0.4, -0.2) is 43.0 Å². The lowest BCUT2D eigenvalue weighted by atomic mass is 10.0.